The molecule has 3 rings (SSSR count). The van der Waals surface area contributed by atoms with Gasteiger partial charge in [-0.25, -0.2) is 8.42 Å². The molecule has 1 aliphatic rings. The number of hydrogen-bond acceptors (Lipinski definition) is 3. The van der Waals surface area contributed by atoms with Crippen LogP contribution in [-0.2, 0) is 16.2 Å². The molecule has 154 valence electrons. The smallest absolute Gasteiger partial charge is 0.338 e. The topological polar surface area (TPSA) is 66.5 Å². The Bertz CT molecular complexity index is 1020. The molecule has 1 heterocycles. The summed E-state index contributed by atoms with van der Waals surface area (Å²) in [6, 6.07) is 9.23. The van der Waals surface area contributed by atoms with Crippen molar-refractivity contribution in [3.8, 4) is 0 Å². The first-order chi connectivity index (χ1) is 13.6. The van der Waals surface area contributed by atoms with Crippen molar-refractivity contribution in [1.29, 1.82) is 0 Å². The summed E-state index contributed by atoms with van der Waals surface area (Å²) in [4.78, 5) is 14.0. The number of nitrogens with zero attached hydrogens (tertiary/aromatic N) is 1. The molecule has 1 fully saturated rings. The maximum absolute atomic E-state index is 12.8. The van der Waals surface area contributed by atoms with Crippen molar-refractivity contribution < 1.29 is 26.4 Å². The first-order valence-corrected chi connectivity index (χ1v) is 10.3. The SMILES string of the molecule is C=C1CCN(C(=O)c2ccc(S(=O)(=O)Nc3cccc(C(F)(F)F)c3)cc2)CC1. The van der Waals surface area contributed by atoms with Gasteiger partial charge < -0.3 is 4.90 Å². The molecule has 1 N–H and O–H groups in total. The first kappa shape index (κ1) is 20.9. The number of alkyl halides is 3. The molecular weight excluding hydrogens is 405 g/mol. The lowest BCUT2D eigenvalue weighted by atomic mass is 10.0. The minimum absolute atomic E-state index is 0.154. The zero-order chi connectivity index (χ0) is 21.2. The fourth-order valence-corrected chi connectivity index (χ4v) is 4.01. The molecule has 2 aromatic rings. The maximum atomic E-state index is 12.8. The van der Waals surface area contributed by atoms with Crippen molar-refractivity contribution in [3.63, 3.8) is 0 Å². The van der Waals surface area contributed by atoms with Crippen LogP contribution in [0.5, 0.6) is 0 Å². The van der Waals surface area contributed by atoms with Crippen molar-refractivity contribution in [2.24, 2.45) is 0 Å². The number of anilines is 1. The molecular formula is C20H19F3N2O3S. The van der Waals surface area contributed by atoms with Crippen LogP contribution in [0.25, 0.3) is 0 Å². The standard InChI is InChI=1S/C20H19F3N2O3S/c1-14-9-11-25(12-10-14)19(26)15-5-7-18(8-6-15)29(27,28)24-17-4-2-3-16(13-17)20(21,22)23/h2-8,13,24H,1,9-12H2. The van der Waals surface area contributed by atoms with Gasteiger partial charge in [-0.05, 0) is 55.3 Å². The molecule has 0 unspecified atom stereocenters. The number of benzene rings is 2. The van der Waals surface area contributed by atoms with E-state index in [2.05, 4.69) is 11.3 Å². The van der Waals surface area contributed by atoms with Gasteiger partial charge in [0.1, 0.15) is 0 Å². The van der Waals surface area contributed by atoms with E-state index in [1.165, 1.54) is 30.3 Å². The van der Waals surface area contributed by atoms with Gasteiger partial charge in [-0.2, -0.15) is 13.2 Å². The average molecular weight is 424 g/mol. The Morgan fingerprint density at radius 1 is 1.03 bits per heavy atom. The van der Waals surface area contributed by atoms with E-state index in [4.69, 9.17) is 0 Å². The molecule has 1 amide bonds. The summed E-state index contributed by atoms with van der Waals surface area (Å²) >= 11 is 0. The third-order valence-corrected chi connectivity index (χ3v) is 6.01. The van der Waals surface area contributed by atoms with E-state index in [0.717, 1.165) is 36.6 Å². The van der Waals surface area contributed by atoms with Crippen molar-refractivity contribution in [2.45, 2.75) is 23.9 Å². The van der Waals surface area contributed by atoms with Crippen LogP contribution in [0.4, 0.5) is 18.9 Å². The molecule has 1 saturated heterocycles. The summed E-state index contributed by atoms with van der Waals surface area (Å²) in [5.41, 5.74) is 0.281. The normalized spacial score (nSPS) is 15.3. The average Bonchev–Trinajstić information content (AvgIpc) is 2.67. The minimum Gasteiger partial charge on any atom is -0.338 e. The Hall–Kier alpha value is -2.81. The second-order valence-corrected chi connectivity index (χ2v) is 8.43. The summed E-state index contributed by atoms with van der Waals surface area (Å²) in [5.74, 6) is -0.202. The summed E-state index contributed by atoms with van der Waals surface area (Å²) < 4.78 is 65.5. The fourth-order valence-electron chi connectivity index (χ4n) is 2.96. The number of hydrogen-bond donors (Lipinski definition) is 1. The molecule has 0 radical (unpaired) electrons. The van der Waals surface area contributed by atoms with Gasteiger partial charge in [0.15, 0.2) is 0 Å². The molecule has 0 atom stereocenters. The Morgan fingerprint density at radius 3 is 2.24 bits per heavy atom. The second kappa shape index (κ2) is 7.90. The van der Waals surface area contributed by atoms with Crippen molar-refractivity contribution in [3.05, 3.63) is 71.8 Å². The van der Waals surface area contributed by atoms with E-state index in [0.29, 0.717) is 18.7 Å². The molecule has 0 aliphatic carbocycles. The van der Waals surface area contributed by atoms with E-state index in [9.17, 15) is 26.4 Å². The van der Waals surface area contributed by atoms with Crippen molar-refractivity contribution >= 4 is 21.6 Å². The highest BCUT2D eigenvalue weighted by Gasteiger charge is 2.30. The fraction of sp³-hybridized carbons (Fsp3) is 0.250. The van der Waals surface area contributed by atoms with Crippen LogP contribution in [0.1, 0.15) is 28.8 Å². The van der Waals surface area contributed by atoms with Crippen molar-refractivity contribution in [2.75, 3.05) is 17.8 Å². The Kier molecular flexibility index (Phi) is 5.70. The van der Waals surface area contributed by atoms with Gasteiger partial charge >= 0.3 is 6.18 Å². The van der Waals surface area contributed by atoms with E-state index in [1.54, 1.807) is 4.90 Å². The van der Waals surface area contributed by atoms with E-state index >= 15 is 0 Å². The first-order valence-electron chi connectivity index (χ1n) is 8.82. The van der Waals surface area contributed by atoms with E-state index in [-0.39, 0.29) is 16.5 Å². The van der Waals surface area contributed by atoms with E-state index in [1.807, 2.05) is 0 Å². The third kappa shape index (κ3) is 4.97. The van der Waals surface area contributed by atoms with Gasteiger partial charge in [0.05, 0.1) is 10.5 Å². The highest BCUT2D eigenvalue weighted by atomic mass is 32.2. The van der Waals surface area contributed by atoms with Crippen LogP contribution in [0, 0.1) is 0 Å². The van der Waals surface area contributed by atoms with Gasteiger partial charge in [-0.1, -0.05) is 18.2 Å². The molecule has 1 aliphatic heterocycles. The van der Waals surface area contributed by atoms with E-state index < -0.39 is 21.8 Å². The molecule has 0 saturated carbocycles. The van der Waals surface area contributed by atoms with Crippen LogP contribution >= 0.6 is 0 Å². The lowest BCUT2D eigenvalue weighted by Crippen LogP contribution is -2.36. The second-order valence-electron chi connectivity index (χ2n) is 6.75. The highest BCUT2D eigenvalue weighted by Crippen LogP contribution is 2.31. The molecule has 29 heavy (non-hydrogen) atoms. The molecule has 0 spiro atoms. The number of carbonyl (C=O) groups is 1. The number of carbonyl (C=O) groups excluding carboxylic acids is 1. The molecule has 0 bridgehead atoms. The largest absolute Gasteiger partial charge is 0.416 e. The van der Waals surface area contributed by atoms with Crippen LogP contribution < -0.4 is 4.72 Å². The number of amides is 1. The van der Waals surface area contributed by atoms with Crippen LogP contribution in [0.15, 0.2) is 65.6 Å². The lowest BCUT2D eigenvalue weighted by Gasteiger charge is -2.28. The van der Waals surface area contributed by atoms with Crippen LogP contribution in [0.2, 0.25) is 0 Å². The number of halogens is 3. The molecule has 5 nitrogen and oxygen atoms in total. The Balaban J connectivity index is 1.75. The number of nitrogens with one attached hydrogen (secondary N) is 1. The summed E-state index contributed by atoms with van der Waals surface area (Å²) in [5, 5.41) is 0. The number of sulfonamides is 1. The van der Waals surface area contributed by atoms with Crippen LogP contribution in [-0.4, -0.2) is 32.3 Å². The summed E-state index contributed by atoms with van der Waals surface area (Å²) in [6.45, 7) is 5.03. The van der Waals surface area contributed by atoms with Gasteiger partial charge in [0.25, 0.3) is 15.9 Å². The van der Waals surface area contributed by atoms with Gasteiger partial charge in [-0.15, -0.1) is 0 Å². The predicted octanol–water partition coefficient (Wildman–Crippen LogP) is 4.30. The lowest BCUT2D eigenvalue weighted by molar-refractivity contribution is -0.137. The zero-order valence-electron chi connectivity index (χ0n) is 15.4. The summed E-state index contributed by atoms with van der Waals surface area (Å²) in [7, 11) is -4.10. The predicted molar refractivity (Wildman–Crippen MR) is 103 cm³/mol. The number of piperidine rings is 1. The molecule has 0 aromatic heterocycles. The Labute approximate surface area is 166 Å². The van der Waals surface area contributed by atoms with Crippen LogP contribution in [0.3, 0.4) is 0 Å². The van der Waals surface area contributed by atoms with Gasteiger partial charge in [0.2, 0.25) is 0 Å². The highest BCUT2D eigenvalue weighted by molar-refractivity contribution is 7.92. The Morgan fingerprint density at radius 2 is 1.66 bits per heavy atom. The van der Waals surface area contributed by atoms with Gasteiger partial charge in [0, 0.05) is 24.3 Å². The zero-order valence-corrected chi connectivity index (χ0v) is 16.2. The minimum atomic E-state index is -4.58. The van der Waals surface area contributed by atoms with Gasteiger partial charge in [-0.3, -0.25) is 9.52 Å². The third-order valence-electron chi connectivity index (χ3n) is 4.61. The summed E-state index contributed by atoms with van der Waals surface area (Å²) in [6.07, 6.45) is -3.11. The number of likely N-dealkylation sites (tertiary alicyclic amines) is 1. The monoisotopic (exact) mass is 424 g/mol. The van der Waals surface area contributed by atoms with Crippen molar-refractivity contribution in [1.82, 2.24) is 4.90 Å². The number of rotatable bonds is 4. The molecule has 9 heteroatoms. The quantitative estimate of drug-likeness (QED) is 0.745. The molecule has 2 aromatic carbocycles. The maximum Gasteiger partial charge on any atom is 0.416 e.